The van der Waals surface area contributed by atoms with E-state index in [4.69, 9.17) is 9.73 Å². The molecule has 5 nitrogen and oxygen atoms in total. The van der Waals surface area contributed by atoms with Crippen LogP contribution >= 0.6 is 24.0 Å². The van der Waals surface area contributed by atoms with Gasteiger partial charge >= 0.3 is 0 Å². The van der Waals surface area contributed by atoms with Crippen molar-refractivity contribution in [2.24, 2.45) is 0 Å². The van der Waals surface area contributed by atoms with E-state index in [0.29, 0.717) is 19.6 Å². The summed E-state index contributed by atoms with van der Waals surface area (Å²) in [5, 5.41) is 1.23. The quantitative estimate of drug-likeness (QED) is 0.606. The summed E-state index contributed by atoms with van der Waals surface area (Å²) in [5.74, 6) is -0.213. The predicted octanol–water partition coefficient (Wildman–Crippen LogP) is 2.59. The van der Waals surface area contributed by atoms with Crippen LogP contribution in [0.2, 0.25) is 0 Å². The zero-order valence-electron chi connectivity index (χ0n) is 10.6. The van der Waals surface area contributed by atoms with Crippen LogP contribution in [-0.2, 0) is 20.8 Å². The van der Waals surface area contributed by atoms with Gasteiger partial charge in [0.25, 0.3) is 0 Å². The second-order valence-electron chi connectivity index (χ2n) is 4.02. The minimum Gasteiger partial charge on any atom is -0.346 e. The molecule has 0 saturated heterocycles. The van der Waals surface area contributed by atoms with Gasteiger partial charge in [0.15, 0.2) is 8.03 Å². The molecule has 0 radical (unpaired) electrons. The van der Waals surface area contributed by atoms with Gasteiger partial charge in [-0.1, -0.05) is 28.1 Å². The molecule has 0 aromatic heterocycles. The highest BCUT2D eigenvalue weighted by atomic mass is 79.9. The third-order valence-corrected chi connectivity index (χ3v) is 3.71. The molecule has 0 bridgehead atoms. The Morgan fingerprint density at radius 1 is 1.42 bits per heavy atom. The van der Waals surface area contributed by atoms with Gasteiger partial charge in [-0.25, -0.2) is 5.06 Å². The van der Waals surface area contributed by atoms with Crippen molar-refractivity contribution in [1.29, 1.82) is 0 Å². The van der Waals surface area contributed by atoms with Crippen LogP contribution in [0.4, 0.5) is 0 Å². The SMILES string of the molecule is CC(=O)N(CCC[PH](=O)O)OCc1ccc(Br)cc1. The van der Waals surface area contributed by atoms with Crippen LogP contribution in [0.5, 0.6) is 0 Å². The minimum atomic E-state index is -2.48. The fourth-order valence-electron chi connectivity index (χ4n) is 1.42. The third-order valence-electron chi connectivity index (χ3n) is 2.40. The maximum Gasteiger partial charge on any atom is 0.243 e. The van der Waals surface area contributed by atoms with Crippen molar-refractivity contribution >= 4 is 29.9 Å². The highest BCUT2D eigenvalue weighted by molar-refractivity contribution is 9.10. The number of halogens is 1. The fraction of sp³-hybridized carbons (Fsp3) is 0.417. The van der Waals surface area contributed by atoms with Crippen LogP contribution in [-0.4, -0.2) is 28.6 Å². The number of benzene rings is 1. The molecular weight excluding hydrogens is 333 g/mol. The van der Waals surface area contributed by atoms with Gasteiger partial charge in [-0.15, -0.1) is 0 Å². The molecule has 0 heterocycles. The van der Waals surface area contributed by atoms with Crippen LogP contribution in [0.15, 0.2) is 28.7 Å². The topological polar surface area (TPSA) is 66.8 Å². The Morgan fingerprint density at radius 3 is 2.58 bits per heavy atom. The molecule has 106 valence electrons. The van der Waals surface area contributed by atoms with Gasteiger partial charge < -0.3 is 4.89 Å². The van der Waals surface area contributed by atoms with Crippen LogP contribution < -0.4 is 0 Å². The molecule has 7 heteroatoms. The van der Waals surface area contributed by atoms with Gasteiger partial charge in [0.2, 0.25) is 5.91 Å². The zero-order valence-corrected chi connectivity index (χ0v) is 13.2. The number of nitrogens with zero attached hydrogens (tertiary/aromatic N) is 1. The third kappa shape index (κ3) is 6.87. The molecule has 1 rings (SSSR count). The number of hydrogen-bond donors (Lipinski definition) is 1. The molecule has 0 fully saturated rings. The van der Waals surface area contributed by atoms with Crippen molar-refractivity contribution in [3.63, 3.8) is 0 Å². The summed E-state index contributed by atoms with van der Waals surface area (Å²) in [6.07, 6.45) is 0.657. The van der Waals surface area contributed by atoms with Crippen LogP contribution in [0, 0.1) is 0 Å². The molecular formula is C12H17BrNO4P. The van der Waals surface area contributed by atoms with Crippen molar-refractivity contribution in [2.75, 3.05) is 12.7 Å². The van der Waals surface area contributed by atoms with E-state index in [1.54, 1.807) is 0 Å². The molecule has 1 amide bonds. The molecule has 0 saturated carbocycles. The molecule has 1 aromatic rings. The Balaban J connectivity index is 2.43. The highest BCUT2D eigenvalue weighted by Gasteiger charge is 2.10. The Hall–Kier alpha value is -0.680. The summed E-state index contributed by atoms with van der Waals surface area (Å²) >= 11 is 3.34. The number of amides is 1. The lowest BCUT2D eigenvalue weighted by molar-refractivity contribution is -0.189. The molecule has 1 aromatic carbocycles. The number of hydrogen-bond acceptors (Lipinski definition) is 3. The van der Waals surface area contributed by atoms with E-state index >= 15 is 0 Å². The maximum atomic E-state index is 11.4. The summed E-state index contributed by atoms with van der Waals surface area (Å²) < 4.78 is 11.6. The first kappa shape index (κ1) is 16.4. The van der Waals surface area contributed by atoms with Gasteiger partial charge in [0, 0.05) is 24.1 Å². The number of carbonyl (C=O) groups is 1. The molecule has 1 atom stereocenters. The number of hydroxylamine groups is 2. The van der Waals surface area contributed by atoms with Gasteiger partial charge in [0.05, 0.1) is 0 Å². The second-order valence-corrected chi connectivity index (χ2v) is 6.22. The van der Waals surface area contributed by atoms with Gasteiger partial charge in [-0.05, 0) is 24.1 Å². The van der Waals surface area contributed by atoms with E-state index in [0.717, 1.165) is 10.0 Å². The first-order valence-electron chi connectivity index (χ1n) is 5.86. The highest BCUT2D eigenvalue weighted by Crippen LogP contribution is 2.15. The Kier molecular flexibility index (Phi) is 7.31. The molecule has 1 N–H and O–H groups in total. The number of carbonyl (C=O) groups excluding carboxylic acids is 1. The van der Waals surface area contributed by atoms with Crippen LogP contribution in [0.1, 0.15) is 18.9 Å². The first-order valence-corrected chi connectivity index (χ1v) is 8.22. The Labute approximate surface area is 121 Å². The van der Waals surface area contributed by atoms with Crippen LogP contribution in [0.3, 0.4) is 0 Å². The maximum absolute atomic E-state index is 11.4. The number of rotatable bonds is 7. The van der Waals surface area contributed by atoms with Gasteiger partial charge in [0.1, 0.15) is 6.61 Å². The van der Waals surface area contributed by atoms with Crippen LogP contribution in [0.25, 0.3) is 0 Å². The van der Waals surface area contributed by atoms with Crippen molar-refractivity contribution in [1.82, 2.24) is 5.06 Å². The fourth-order valence-corrected chi connectivity index (χ4v) is 2.14. The van der Waals surface area contributed by atoms with E-state index in [1.807, 2.05) is 24.3 Å². The first-order chi connectivity index (χ1) is 8.99. The summed E-state index contributed by atoms with van der Waals surface area (Å²) in [4.78, 5) is 25.5. The van der Waals surface area contributed by atoms with E-state index < -0.39 is 8.03 Å². The van der Waals surface area contributed by atoms with Crippen molar-refractivity contribution in [3.05, 3.63) is 34.3 Å². The van der Waals surface area contributed by atoms with Gasteiger partial charge in [-0.2, -0.15) is 0 Å². The molecule has 0 aliphatic heterocycles. The average molecular weight is 350 g/mol. The zero-order chi connectivity index (χ0) is 14.3. The Morgan fingerprint density at radius 2 is 2.05 bits per heavy atom. The summed E-state index contributed by atoms with van der Waals surface area (Å²) in [7, 11) is -2.48. The van der Waals surface area contributed by atoms with Crippen molar-refractivity contribution in [3.8, 4) is 0 Å². The van der Waals surface area contributed by atoms with E-state index in [-0.39, 0.29) is 12.1 Å². The van der Waals surface area contributed by atoms with Crippen molar-refractivity contribution in [2.45, 2.75) is 20.0 Å². The lowest BCUT2D eigenvalue weighted by Gasteiger charge is -2.20. The largest absolute Gasteiger partial charge is 0.346 e. The molecule has 1 unspecified atom stereocenters. The normalized spacial score (nSPS) is 12.2. The lowest BCUT2D eigenvalue weighted by atomic mass is 10.2. The monoisotopic (exact) mass is 349 g/mol. The lowest BCUT2D eigenvalue weighted by Crippen LogP contribution is -2.30. The second kappa shape index (κ2) is 8.48. The molecule has 0 aliphatic carbocycles. The average Bonchev–Trinajstić information content (AvgIpc) is 2.34. The summed E-state index contributed by atoms with van der Waals surface area (Å²) in [6.45, 7) is 2.02. The minimum absolute atomic E-state index is 0.204. The standard InChI is InChI=1S/C12H17BrNO4P/c1-10(15)14(7-2-8-19(16)17)18-9-11-3-5-12(13)6-4-11/h3-6,19H,2,7-9H2,1H3,(H,16,17). The summed E-state index contributed by atoms with van der Waals surface area (Å²) in [5.41, 5.74) is 0.949. The van der Waals surface area contributed by atoms with Gasteiger partial charge in [-0.3, -0.25) is 14.2 Å². The molecule has 19 heavy (non-hydrogen) atoms. The Bertz CT molecular complexity index is 438. The van der Waals surface area contributed by atoms with E-state index in [2.05, 4.69) is 15.9 Å². The summed E-state index contributed by atoms with van der Waals surface area (Å²) in [6, 6.07) is 7.59. The van der Waals surface area contributed by atoms with E-state index in [1.165, 1.54) is 12.0 Å². The van der Waals surface area contributed by atoms with Crippen molar-refractivity contribution < 1.29 is 19.1 Å². The molecule has 0 spiro atoms. The smallest absolute Gasteiger partial charge is 0.243 e. The van der Waals surface area contributed by atoms with E-state index in [9.17, 15) is 9.36 Å². The predicted molar refractivity (Wildman–Crippen MR) is 77.0 cm³/mol. The molecule has 0 aliphatic rings.